The third-order valence-corrected chi connectivity index (χ3v) is 1.49. The van der Waals surface area contributed by atoms with Crippen LogP contribution in [0.5, 0.6) is 0 Å². The molecular formula is C9H9FN2O2. The van der Waals surface area contributed by atoms with Crippen molar-refractivity contribution in [3.05, 3.63) is 29.9 Å². The monoisotopic (exact) mass is 196 g/mol. The molecule has 0 atom stereocenters. The fourth-order valence-electron chi connectivity index (χ4n) is 0.869. The lowest BCUT2D eigenvalue weighted by atomic mass is 10.2. The van der Waals surface area contributed by atoms with Crippen LogP contribution in [0.2, 0.25) is 0 Å². The molecule has 1 aromatic rings. The van der Waals surface area contributed by atoms with Gasteiger partial charge < -0.3 is 10.8 Å². The van der Waals surface area contributed by atoms with E-state index in [4.69, 9.17) is 10.8 Å². The second-order valence-electron chi connectivity index (χ2n) is 2.65. The second kappa shape index (κ2) is 4.36. The van der Waals surface area contributed by atoms with Gasteiger partial charge in [0.05, 0.1) is 12.1 Å². The molecule has 74 valence electrons. The summed E-state index contributed by atoms with van der Waals surface area (Å²) in [4.78, 5) is 13.5. The predicted octanol–water partition coefficient (Wildman–Crippen LogP) is 1.29. The highest BCUT2D eigenvalue weighted by atomic mass is 19.1. The molecule has 0 spiro atoms. The molecule has 0 saturated carbocycles. The molecule has 0 unspecified atom stereocenters. The normalized spacial score (nSPS) is 10.6. The number of anilines is 1. The SMILES string of the molecule is Nc1cc(C=CCC(=O)O)cnc1F. The average molecular weight is 196 g/mol. The number of aliphatic carboxylic acids is 1. The topological polar surface area (TPSA) is 76.2 Å². The molecule has 0 radical (unpaired) electrons. The fourth-order valence-corrected chi connectivity index (χ4v) is 0.869. The van der Waals surface area contributed by atoms with Crippen molar-refractivity contribution in [3.63, 3.8) is 0 Å². The van der Waals surface area contributed by atoms with Gasteiger partial charge in [-0.2, -0.15) is 4.39 Å². The maximum absolute atomic E-state index is 12.6. The first kappa shape index (κ1) is 10.2. The summed E-state index contributed by atoms with van der Waals surface area (Å²) >= 11 is 0. The van der Waals surface area contributed by atoms with E-state index in [0.717, 1.165) is 0 Å². The number of carboxylic acid groups (broad SMARTS) is 1. The zero-order valence-electron chi connectivity index (χ0n) is 7.27. The molecule has 0 aliphatic carbocycles. The van der Waals surface area contributed by atoms with E-state index in [1.54, 1.807) is 0 Å². The molecule has 3 N–H and O–H groups in total. The largest absolute Gasteiger partial charge is 0.481 e. The highest BCUT2D eigenvalue weighted by molar-refractivity contribution is 5.70. The summed E-state index contributed by atoms with van der Waals surface area (Å²) in [5.41, 5.74) is 5.79. The zero-order chi connectivity index (χ0) is 10.6. The number of carbonyl (C=O) groups is 1. The van der Waals surface area contributed by atoms with Crippen LogP contribution in [0.15, 0.2) is 18.3 Å². The van der Waals surface area contributed by atoms with E-state index in [-0.39, 0.29) is 12.1 Å². The van der Waals surface area contributed by atoms with Gasteiger partial charge in [-0.25, -0.2) is 4.98 Å². The average Bonchev–Trinajstić information content (AvgIpc) is 2.10. The zero-order valence-corrected chi connectivity index (χ0v) is 7.27. The number of nitrogen functional groups attached to an aromatic ring is 1. The van der Waals surface area contributed by atoms with Crippen LogP contribution in [0.4, 0.5) is 10.1 Å². The molecule has 0 bridgehead atoms. The molecule has 0 aromatic carbocycles. The molecule has 14 heavy (non-hydrogen) atoms. The molecular weight excluding hydrogens is 187 g/mol. The number of hydrogen-bond donors (Lipinski definition) is 2. The number of nitrogens with two attached hydrogens (primary N) is 1. The van der Waals surface area contributed by atoms with E-state index in [9.17, 15) is 9.18 Å². The Morgan fingerprint density at radius 3 is 3.00 bits per heavy atom. The van der Waals surface area contributed by atoms with Gasteiger partial charge in [0.2, 0.25) is 5.95 Å². The summed E-state index contributed by atoms with van der Waals surface area (Å²) in [7, 11) is 0. The van der Waals surface area contributed by atoms with E-state index < -0.39 is 11.9 Å². The molecule has 0 fully saturated rings. The van der Waals surface area contributed by atoms with Gasteiger partial charge in [-0.3, -0.25) is 4.79 Å². The van der Waals surface area contributed by atoms with Crippen LogP contribution in [0.1, 0.15) is 12.0 Å². The van der Waals surface area contributed by atoms with Crippen LogP contribution >= 0.6 is 0 Å². The second-order valence-corrected chi connectivity index (χ2v) is 2.65. The molecule has 0 amide bonds. The van der Waals surface area contributed by atoms with Crippen LogP contribution in [-0.4, -0.2) is 16.1 Å². The Balaban J connectivity index is 2.73. The van der Waals surface area contributed by atoms with Crippen LogP contribution in [-0.2, 0) is 4.79 Å². The molecule has 1 heterocycles. The Morgan fingerprint density at radius 1 is 1.71 bits per heavy atom. The minimum Gasteiger partial charge on any atom is -0.481 e. The van der Waals surface area contributed by atoms with E-state index in [2.05, 4.69) is 4.98 Å². The van der Waals surface area contributed by atoms with Crippen LogP contribution in [0.25, 0.3) is 6.08 Å². The predicted molar refractivity (Wildman–Crippen MR) is 49.9 cm³/mol. The highest BCUT2D eigenvalue weighted by Gasteiger charge is 1.98. The number of rotatable bonds is 3. The Kier molecular flexibility index (Phi) is 3.17. The third kappa shape index (κ3) is 2.85. The Bertz CT molecular complexity index is 377. The number of aromatic nitrogens is 1. The summed E-state index contributed by atoms with van der Waals surface area (Å²) in [6.45, 7) is 0. The van der Waals surface area contributed by atoms with Crippen LogP contribution < -0.4 is 5.73 Å². The van der Waals surface area contributed by atoms with Crippen molar-refractivity contribution in [1.29, 1.82) is 0 Å². The maximum Gasteiger partial charge on any atom is 0.307 e. The highest BCUT2D eigenvalue weighted by Crippen LogP contribution is 2.10. The number of hydrogen-bond acceptors (Lipinski definition) is 3. The standard InChI is InChI=1S/C9H9FN2O2/c10-9-7(11)4-6(5-12-9)2-1-3-8(13)14/h1-2,4-5H,3,11H2,(H,13,14). The van der Waals surface area contributed by atoms with E-state index >= 15 is 0 Å². The van der Waals surface area contributed by atoms with Crippen molar-refractivity contribution >= 4 is 17.7 Å². The lowest BCUT2D eigenvalue weighted by molar-refractivity contribution is -0.135. The van der Waals surface area contributed by atoms with Crippen molar-refractivity contribution in [2.45, 2.75) is 6.42 Å². The van der Waals surface area contributed by atoms with E-state index in [1.165, 1.54) is 24.4 Å². The summed E-state index contributed by atoms with van der Waals surface area (Å²) < 4.78 is 12.6. The molecule has 1 rings (SSSR count). The first-order valence-corrected chi connectivity index (χ1v) is 3.89. The number of nitrogens with zero attached hydrogens (tertiary/aromatic N) is 1. The third-order valence-electron chi connectivity index (χ3n) is 1.49. The smallest absolute Gasteiger partial charge is 0.307 e. The summed E-state index contributed by atoms with van der Waals surface area (Å²) in [5, 5.41) is 8.34. The number of carboxylic acids is 1. The molecule has 1 aromatic heterocycles. The van der Waals surface area contributed by atoms with Crippen molar-refractivity contribution in [1.82, 2.24) is 4.98 Å². The van der Waals surface area contributed by atoms with Crippen molar-refractivity contribution < 1.29 is 14.3 Å². The summed E-state index contributed by atoms with van der Waals surface area (Å²) in [6.07, 6.45) is 4.16. The van der Waals surface area contributed by atoms with Gasteiger partial charge in [0, 0.05) is 6.20 Å². The molecule has 0 saturated heterocycles. The van der Waals surface area contributed by atoms with Gasteiger partial charge in [0.1, 0.15) is 0 Å². The first-order chi connectivity index (χ1) is 6.59. The minimum absolute atomic E-state index is 0.0533. The first-order valence-electron chi connectivity index (χ1n) is 3.89. The van der Waals surface area contributed by atoms with Crippen molar-refractivity contribution in [3.8, 4) is 0 Å². The minimum atomic E-state index is -0.927. The molecule has 0 aliphatic rings. The van der Waals surface area contributed by atoms with Crippen molar-refractivity contribution in [2.24, 2.45) is 0 Å². The molecule has 0 aliphatic heterocycles. The Hall–Kier alpha value is -1.91. The lowest BCUT2D eigenvalue weighted by Crippen LogP contribution is -1.94. The van der Waals surface area contributed by atoms with Crippen molar-refractivity contribution in [2.75, 3.05) is 5.73 Å². The summed E-state index contributed by atoms with van der Waals surface area (Å²) in [6, 6.07) is 1.39. The number of pyridine rings is 1. The van der Waals surface area contributed by atoms with E-state index in [1.807, 2.05) is 0 Å². The number of halogens is 1. The van der Waals surface area contributed by atoms with E-state index in [0.29, 0.717) is 5.56 Å². The quantitative estimate of drug-likeness (QED) is 0.714. The van der Waals surface area contributed by atoms with Gasteiger partial charge in [-0.1, -0.05) is 12.2 Å². The maximum atomic E-state index is 12.6. The summed E-state index contributed by atoms with van der Waals surface area (Å²) in [5.74, 6) is -1.65. The lowest BCUT2D eigenvalue weighted by Gasteiger charge is -1.96. The fraction of sp³-hybridized carbons (Fsp3) is 0.111. The van der Waals surface area contributed by atoms with Gasteiger partial charge in [-0.05, 0) is 11.6 Å². The molecule has 4 nitrogen and oxygen atoms in total. The van der Waals surface area contributed by atoms with Crippen LogP contribution in [0.3, 0.4) is 0 Å². The van der Waals surface area contributed by atoms with Gasteiger partial charge in [-0.15, -0.1) is 0 Å². The molecule has 5 heteroatoms. The van der Waals surface area contributed by atoms with Crippen LogP contribution in [0, 0.1) is 5.95 Å². The van der Waals surface area contributed by atoms with Gasteiger partial charge in [0.15, 0.2) is 0 Å². The van der Waals surface area contributed by atoms with Gasteiger partial charge in [0.25, 0.3) is 0 Å². The Morgan fingerprint density at radius 2 is 2.43 bits per heavy atom. The van der Waals surface area contributed by atoms with Gasteiger partial charge >= 0.3 is 5.97 Å². The Labute approximate surface area is 79.9 Å².